The lowest BCUT2D eigenvalue weighted by molar-refractivity contribution is -0.137. The van der Waals surface area contributed by atoms with E-state index in [0.29, 0.717) is 12.2 Å². The second kappa shape index (κ2) is 11.6. The molecule has 0 atom stereocenters. The van der Waals surface area contributed by atoms with Crippen LogP contribution in [0, 0.1) is 0 Å². The highest BCUT2D eigenvalue weighted by Gasteiger charge is 2.33. The molecule has 0 aromatic heterocycles. The molecule has 0 aliphatic heterocycles. The quantitative estimate of drug-likeness (QED) is 0.454. The second-order valence-electron chi connectivity index (χ2n) is 9.19. The van der Waals surface area contributed by atoms with Crippen LogP contribution in [0.4, 0.5) is 18.0 Å². The van der Waals surface area contributed by atoms with E-state index in [1.54, 1.807) is 24.3 Å². The lowest BCUT2D eigenvalue weighted by atomic mass is 10.1. The molecular formula is C24H31ClF3NO4. The maximum atomic E-state index is 12.8. The molecule has 0 fully saturated rings. The summed E-state index contributed by atoms with van der Waals surface area (Å²) >= 11 is 5.55. The van der Waals surface area contributed by atoms with Gasteiger partial charge in [-0.15, -0.1) is 0 Å². The van der Waals surface area contributed by atoms with Crippen LogP contribution in [0.25, 0.3) is 0 Å². The average Bonchev–Trinajstić information content (AvgIpc) is 2.61. The van der Waals surface area contributed by atoms with E-state index in [0.717, 1.165) is 17.7 Å². The van der Waals surface area contributed by atoms with Gasteiger partial charge in [0.1, 0.15) is 11.5 Å². The monoisotopic (exact) mass is 489 g/mol. The molecule has 33 heavy (non-hydrogen) atoms. The Bertz CT molecular complexity index is 890. The Morgan fingerprint density at radius 2 is 1.45 bits per heavy atom. The summed E-state index contributed by atoms with van der Waals surface area (Å²) in [5.74, 6) is 0.382. The third kappa shape index (κ3) is 12.4. The zero-order valence-electron chi connectivity index (χ0n) is 19.6. The van der Waals surface area contributed by atoms with E-state index in [1.165, 1.54) is 6.07 Å². The standard InChI is InChI=1S/C16H13ClF3NO3.C8H18O/c17-14-6-5-12(9-13(14)16(18,19)20)24-11-3-1-10(2-4-11)7-8-21-15(22)23;1-7(2,3)9-8(4,5)6/h1-6,9,21H,7-8H2,(H,22,23);1-6H3. The minimum atomic E-state index is -4.56. The van der Waals surface area contributed by atoms with E-state index < -0.39 is 22.9 Å². The van der Waals surface area contributed by atoms with Crippen LogP contribution >= 0.6 is 11.6 Å². The molecule has 2 N–H and O–H groups in total. The summed E-state index contributed by atoms with van der Waals surface area (Å²) in [5.41, 5.74) is -0.127. The fraction of sp³-hybridized carbons (Fsp3) is 0.458. The second-order valence-corrected chi connectivity index (χ2v) is 9.60. The van der Waals surface area contributed by atoms with Crippen molar-refractivity contribution < 1.29 is 32.5 Å². The van der Waals surface area contributed by atoms with Gasteiger partial charge in [-0.2, -0.15) is 13.2 Å². The first-order valence-electron chi connectivity index (χ1n) is 10.3. The number of hydrogen-bond donors (Lipinski definition) is 2. The zero-order valence-corrected chi connectivity index (χ0v) is 20.4. The number of rotatable bonds is 5. The van der Waals surface area contributed by atoms with Crippen LogP contribution in [0.2, 0.25) is 5.02 Å². The number of halogens is 4. The summed E-state index contributed by atoms with van der Waals surface area (Å²) in [5, 5.41) is 10.3. The number of nitrogens with one attached hydrogen (secondary N) is 1. The molecule has 0 heterocycles. The summed E-state index contributed by atoms with van der Waals surface area (Å²) in [7, 11) is 0. The normalized spacial score (nSPS) is 11.9. The Balaban J connectivity index is 0.000000513. The lowest BCUT2D eigenvalue weighted by Crippen LogP contribution is -2.31. The molecule has 2 aromatic carbocycles. The molecule has 0 saturated heterocycles. The van der Waals surface area contributed by atoms with Crippen molar-refractivity contribution in [2.45, 2.75) is 65.3 Å². The van der Waals surface area contributed by atoms with Crippen molar-refractivity contribution in [1.82, 2.24) is 5.32 Å². The topological polar surface area (TPSA) is 67.8 Å². The first-order valence-corrected chi connectivity index (χ1v) is 10.6. The molecular weight excluding hydrogens is 459 g/mol. The van der Waals surface area contributed by atoms with Crippen molar-refractivity contribution in [1.29, 1.82) is 0 Å². The highest BCUT2D eigenvalue weighted by molar-refractivity contribution is 6.31. The van der Waals surface area contributed by atoms with E-state index >= 15 is 0 Å². The van der Waals surface area contributed by atoms with E-state index in [4.69, 9.17) is 26.2 Å². The predicted molar refractivity (Wildman–Crippen MR) is 123 cm³/mol. The predicted octanol–water partition coefficient (Wildman–Crippen LogP) is 7.56. The Morgan fingerprint density at radius 3 is 1.88 bits per heavy atom. The Morgan fingerprint density at radius 1 is 0.939 bits per heavy atom. The summed E-state index contributed by atoms with van der Waals surface area (Å²) in [6.07, 6.45) is -5.17. The van der Waals surface area contributed by atoms with E-state index in [2.05, 4.69) is 46.9 Å². The number of alkyl halides is 3. The largest absolute Gasteiger partial charge is 0.465 e. The molecule has 2 rings (SSSR count). The molecule has 5 nitrogen and oxygen atoms in total. The molecule has 1 amide bonds. The summed E-state index contributed by atoms with van der Waals surface area (Å²) in [6, 6.07) is 9.93. The van der Waals surface area contributed by atoms with Gasteiger partial charge < -0.3 is 19.9 Å². The Labute approximate surface area is 197 Å². The Hall–Kier alpha value is -2.45. The number of ether oxygens (including phenoxy) is 2. The maximum Gasteiger partial charge on any atom is 0.417 e. The molecule has 0 bridgehead atoms. The van der Waals surface area contributed by atoms with Crippen molar-refractivity contribution >= 4 is 17.7 Å². The third-order valence-electron chi connectivity index (χ3n) is 3.70. The fourth-order valence-electron chi connectivity index (χ4n) is 2.88. The van der Waals surface area contributed by atoms with Gasteiger partial charge in [0.05, 0.1) is 21.8 Å². The SMILES string of the molecule is CC(C)(C)OC(C)(C)C.O=C(O)NCCc1ccc(Oc2ccc(Cl)c(C(F)(F)F)c2)cc1. The van der Waals surface area contributed by atoms with Gasteiger partial charge in [0.25, 0.3) is 0 Å². The van der Waals surface area contributed by atoms with Crippen molar-refractivity contribution in [3.63, 3.8) is 0 Å². The molecule has 0 spiro atoms. The first kappa shape index (κ1) is 28.6. The van der Waals surface area contributed by atoms with Crippen molar-refractivity contribution in [3.05, 3.63) is 58.6 Å². The highest BCUT2D eigenvalue weighted by atomic mass is 35.5. The van der Waals surface area contributed by atoms with Crippen LogP contribution in [0.15, 0.2) is 42.5 Å². The minimum absolute atomic E-state index is 0.0156. The highest BCUT2D eigenvalue weighted by Crippen LogP contribution is 2.37. The van der Waals surface area contributed by atoms with Crippen LogP contribution in [0.3, 0.4) is 0 Å². The van der Waals surface area contributed by atoms with Crippen LogP contribution in [-0.4, -0.2) is 28.9 Å². The van der Waals surface area contributed by atoms with Gasteiger partial charge in [0.2, 0.25) is 0 Å². The number of hydrogen-bond acceptors (Lipinski definition) is 3. The van der Waals surface area contributed by atoms with Crippen molar-refractivity contribution in [2.75, 3.05) is 6.54 Å². The van der Waals surface area contributed by atoms with Gasteiger partial charge in [-0.1, -0.05) is 23.7 Å². The molecule has 184 valence electrons. The van der Waals surface area contributed by atoms with Gasteiger partial charge in [-0.3, -0.25) is 0 Å². The summed E-state index contributed by atoms with van der Waals surface area (Å²) < 4.78 is 49.4. The van der Waals surface area contributed by atoms with E-state index in [-0.39, 0.29) is 23.5 Å². The smallest absolute Gasteiger partial charge is 0.417 e. The molecule has 2 aromatic rings. The van der Waals surface area contributed by atoms with Gasteiger partial charge >= 0.3 is 12.3 Å². The molecule has 0 saturated carbocycles. The Kier molecular flexibility index (Phi) is 10.1. The molecule has 0 aliphatic rings. The zero-order chi connectivity index (χ0) is 25.4. The van der Waals surface area contributed by atoms with E-state index in [9.17, 15) is 18.0 Å². The van der Waals surface area contributed by atoms with Crippen LogP contribution in [0.5, 0.6) is 11.5 Å². The molecule has 0 aliphatic carbocycles. The van der Waals surface area contributed by atoms with Gasteiger partial charge in [0, 0.05) is 6.54 Å². The molecule has 0 radical (unpaired) electrons. The van der Waals surface area contributed by atoms with Gasteiger partial charge in [0.15, 0.2) is 0 Å². The van der Waals surface area contributed by atoms with E-state index in [1.807, 2.05) is 0 Å². The molecule has 0 unspecified atom stereocenters. The van der Waals surface area contributed by atoms with Crippen LogP contribution in [-0.2, 0) is 17.3 Å². The van der Waals surface area contributed by atoms with Crippen molar-refractivity contribution in [2.24, 2.45) is 0 Å². The van der Waals surface area contributed by atoms with Crippen LogP contribution in [0.1, 0.15) is 52.7 Å². The number of carbonyl (C=O) groups is 1. The number of carboxylic acid groups (broad SMARTS) is 1. The summed E-state index contributed by atoms with van der Waals surface area (Å²) in [4.78, 5) is 10.3. The summed E-state index contributed by atoms with van der Waals surface area (Å²) in [6.45, 7) is 12.7. The molecule has 9 heteroatoms. The number of amides is 1. The van der Waals surface area contributed by atoms with Crippen LogP contribution < -0.4 is 10.1 Å². The fourth-order valence-corrected chi connectivity index (χ4v) is 3.10. The van der Waals surface area contributed by atoms with Crippen molar-refractivity contribution in [3.8, 4) is 11.5 Å². The van der Waals surface area contributed by atoms with Gasteiger partial charge in [-0.05, 0) is 83.9 Å². The average molecular weight is 490 g/mol. The number of benzene rings is 2. The lowest BCUT2D eigenvalue weighted by Gasteiger charge is -2.30. The first-order chi connectivity index (χ1) is 15.0. The van der Waals surface area contributed by atoms with Gasteiger partial charge in [-0.25, -0.2) is 4.79 Å². The third-order valence-corrected chi connectivity index (χ3v) is 4.03. The maximum absolute atomic E-state index is 12.8. The minimum Gasteiger partial charge on any atom is -0.465 e.